The predicted molar refractivity (Wildman–Crippen MR) is 131 cm³/mol. The largest absolute Gasteiger partial charge is 0.329 e. The number of aromatic nitrogens is 2. The van der Waals surface area contributed by atoms with Gasteiger partial charge in [-0.25, -0.2) is 4.98 Å². The van der Waals surface area contributed by atoms with Crippen LogP contribution < -0.4 is 5.32 Å². The second-order valence-corrected chi connectivity index (χ2v) is 8.64. The molecule has 1 N–H and O–H groups in total. The van der Waals surface area contributed by atoms with Crippen LogP contribution in [0.5, 0.6) is 0 Å². The summed E-state index contributed by atoms with van der Waals surface area (Å²) in [5.74, 6) is 0.0752. The Morgan fingerprint density at radius 2 is 1.91 bits per heavy atom. The average Bonchev–Trinajstić information content (AvgIpc) is 3.49. The van der Waals surface area contributed by atoms with E-state index in [1.165, 1.54) is 0 Å². The van der Waals surface area contributed by atoms with E-state index in [1.54, 1.807) is 27.7 Å². The number of nitrogens with zero attached hydrogens (tertiary/aromatic N) is 3. The van der Waals surface area contributed by atoms with E-state index in [1.807, 2.05) is 48.7 Å². The lowest BCUT2D eigenvalue weighted by molar-refractivity contribution is -0.137. The van der Waals surface area contributed by atoms with Gasteiger partial charge < -0.3 is 4.90 Å². The minimum absolute atomic E-state index is 0.00381. The van der Waals surface area contributed by atoms with Crippen LogP contribution in [0.4, 0.5) is 5.95 Å². The first kappa shape index (κ1) is 22.8. The van der Waals surface area contributed by atoms with Crippen molar-refractivity contribution in [2.75, 3.05) is 18.4 Å². The monoisotopic (exact) mass is 462 g/mol. The van der Waals surface area contributed by atoms with Crippen molar-refractivity contribution < 1.29 is 9.59 Å². The van der Waals surface area contributed by atoms with Gasteiger partial charge in [-0.05, 0) is 31.0 Å². The first-order valence-corrected chi connectivity index (χ1v) is 11.5. The summed E-state index contributed by atoms with van der Waals surface area (Å²) in [5, 5.41) is 3.48. The van der Waals surface area contributed by atoms with Crippen molar-refractivity contribution in [2.45, 2.75) is 25.7 Å². The molecular weight excluding hydrogens is 436 g/mol. The van der Waals surface area contributed by atoms with Gasteiger partial charge in [0.15, 0.2) is 0 Å². The van der Waals surface area contributed by atoms with Crippen LogP contribution in [0.1, 0.15) is 25.7 Å². The van der Waals surface area contributed by atoms with Gasteiger partial charge in [0.25, 0.3) is 0 Å². The highest BCUT2D eigenvalue weighted by molar-refractivity contribution is 6.30. The third kappa shape index (κ3) is 5.52. The van der Waals surface area contributed by atoms with Crippen LogP contribution in [0.25, 0.3) is 16.9 Å². The molecule has 1 heterocycles. The highest BCUT2D eigenvalue weighted by Crippen LogP contribution is 2.27. The Kier molecular flexibility index (Phi) is 7.25. The standard InChI is InChI=1S/C26H27ClN4O2/c1-2-15-30(25(33)20-11-6-7-12-20)18-24(32)29-26-28-23(19-9-4-3-5-10-19)17-31(26)22-14-8-13-21(27)16-22/h2-5,8-10,13-14,16-17,20H,1,6-7,11-12,15,18H2,(H,28,29,32). The van der Waals surface area contributed by atoms with Crippen molar-refractivity contribution in [3.63, 3.8) is 0 Å². The van der Waals surface area contributed by atoms with E-state index < -0.39 is 0 Å². The lowest BCUT2D eigenvalue weighted by atomic mass is 10.1. The van der Waals surface area contributed by atoms with Crippen LogP contribution in [-0.4, -0.2) is 39.4 Å². The van der Waals surface area contributed by atoms with Crippen LogP contribution >= 0.6 is 11.6 Å². The van der Waals surface area contributed by atoms with Gasteiger partial charge in [-0.2, -0.15) is 0 Å². The Labute approximate surface area is 198 Å². The summed E-state index contributed by atoms with van der Waals surface area (Å²) < 4.78 is 1.79. The summed E-state index contributed by atoms with van der Waals surface area (Å²) in [5.41, 5.74) is 2.42. The molecular formula is C26H27ClN4O2. The highest BCUT2D eigenvalue weighted by atomic mass is 35.5. The smallest absolute Gasteiger partial charge is 0.246 e. The summed E-state index contributed by atoms with van der Waals surface area (Å²) in [4.78, 5) is 32.1. The Morgan fingerprint density at radius 3 is 2.61 bits per heavy atom. The molecule has 3 aromatic rings. The number of hydrogen-bond acceptors (Lipinski definition) is 3. The van der Waals surface area contributed by atoms with E-state index in [4.69, 9.17) is 11.6 Å². The third-order valence-electron chi connectivity index (χ3n) is 5.81. The molecule has 0 aliphatic heterocycles. The minimum Gasteiger partial charge on any atom is -0.329 e. The minimum atomic E-state index is -0.309. The van der Waals surface area contributed by atoms with Crippen molar-refractivity contribution in [3.8, 4) is 16.9 Å². The molecule has 2 aromatic carbocycles. The number of rotatable bonds is 8. The van der Waals surface area contributed by atoms with Crippen molar-refractivity contribution in [1.29, 1.82) is 0 Å². The topological polar surface area (TPSA) is 67.2 Å². The molecule has 4 rings (SSSR count). The van der Waals surface area contributed by atoms with E-state index in [2.05, 4.69) is 16.9 Å². The highest BCUT2D eigenvalue weighted by Gasteiger charge is 2.28. The summed E-state index contributed by atoms with van der Waals surface area (Å²) in [6.45, 7) is 4.03. The van der Waals surface area contributed by atoms with Crippen LogP contribution in [0.3, 0.4) is 0 Å². The maximum Gasteiger partial charge on any atom is 0.246 e. The molecule has 6 nitrogen and oxygen atoms in total. The SMILES string of the molecule is C=CCN(CC(=O)Nc1nc(-c2ccccc2)cn1-c1cccc(Cl)c1)C(=O)C1CCCC1. The van der Waals surface area contributed by atoms with Crippen molar-refractivity contribution in [3.05, 3.63) is 78.5 Å². The molecule has 1 fully saturated rings. The Balaban J connectivity index is 1.59. The zero-order chi connectivity index (χ0) is 23.2. The number of carbonyl (C=O) groups excluding carboxylic acids is 2. The normalized spacial score (nSPS) is 13.6. The van der Waals surface area contributed by atoms with Gasteiger partial charge in [-0.15, -0.1) is 6.58 Å². The fourth-order valence-electron chi connectivity index (χ4n) is 4.20. The number of amides is 2. The van der Waals surface area contributed by atoms with Crippen molar-refractivity contribution in [2.24, 2.45) is 5.92 Å². The number of benzene rings is 2. The first-order chi connectivity index (χ1) is 16.0. The second-order valence-electron chi connectivity index (χ2n) is 8.20. The van der Waals surface area contributed by atoms with Gasteiger partial charge in [0.2, 0.25) is 17.8 Å². The fourth-order valence-corrected chi connectivity index (χ4v) is 4.38. The van der Waals surface area contributed by atoms with Crippen LogP contribution in [0, 0.1) is 5.92 Å². The number of carbonyl (C=O) groups is 2. The van der Waals surface area contributed by atoms with Crippen LogP contribution in [0.2, 0.25) is 5.02 Å². The molecule has 1 saturated carbocycles. The Hall–Kier alpha value is -3.38. The number of halogens is 1. The van der Waals surface area contributed by atoms with E-state index in [9.17, 15) is 9.59 Å². The summed E-state index contributed by atoms with van der Waals surface area (Å²) >= 11 is 6.20. The van der Waals surface area contributed by atoms with Gasteiger partial charge in [0, 0.05) is 34.9 Å². The molecule has 0 spiro atoms. The molecule has 0 saturated heterocycles. The molecule has 33 heavy (non-hydrogen) atoms. The van der Waals surface area contributed by atoms with Crippen molar-refractivity contribution >= 4 is 29.4 Å². The molecule has 2 amide bonds. The molecule has 0 bridgehead atoms. The molecule has 1 aliphatic rings. The fraction of sp³-hybridized carbons (Fsp3) is 0.269. The first-order valence-electron chi connectivity index (χ1n) is 11.2. The number of anilines is 1. The molecule has 0 atom stereocenters. The van der Waals surface area contributed by atoms with E-state index in [0.717, 1.165) is 42.6 Å². The summed E-state index contributed by atoms with van der Waals surface area (Å²) in [7, 11) is 0. The van der Waals surface area contributed by atoms with Gasteiger partial charge in [0.1, 0.15) is 6.54 Å². The average molecular weight is 463 g/mol. The number of nitrogens with one attached hydrogen (secondary N) is 1. The maximum atomic E-state index is 13.0. The number of imidazole rings is 1. The molecule has 7 heteroatoms. The summed E-state index contributed by atoms with van der Waals surface area (Å²) in [6, 6.07) is 17.1. The molecule has 1 aromatic heterocycles. The maximum absolute atomic E-state index is 13.0. The van der Waals surface area contributed by atoms with Crippen molar-refractivity contribution in [1.82, 2.24) is 14.5 Å². The Morgan fingerprint density at radius 1 is 1.15 bits per heavy atom. The van der Waals surface area contributed by atoms with Gasteiger partial charge in [-0.3, -0.25) is 19.5 Å². The van der Waals surface area contributed by atoms with E-state index in [0.29, 0.717) is 17.5 Å². The van der Waals surface area contributed by atoms with Crippen LogP contribution in [-0.2, 0) is 9.59 Å². The third-order valence-corrected chi connectivity index (χ3v) is 6.05. The Bertz CT molecular complexity index is 1140. The molecule has 0 unspecified atom stereocenters. The molecule has 1 aliphatic carbocycles. The van der Waals surface area contributed by atoms with Crippen LogP contribution in [0.15, 0.2) is 73.4 Å². The molecule has 0 radical (unpaired) electrons. The zero-order valence-electron chi connectivity index (χ0n) is 18.4. The van der Waals surface area contributed by atoms with Gasteiger partial charge in [-0.1, -0.05) is 66.9 Å². The summed E-state index contributed by atoms with van der Waals surface area (Å²) in [6.07, 6.45) is 7.40. The zero-order valence-corrected chi connectivity index (χ0v) is 19.2. The molecule has 170 valence electrons. The number of hydrogen-bond donors (Lipinski definition) is 1. The van der Waals surface area contributed by atoms with Gasteiger partial charge in [0.05, 0.1) is 5.69 Å². The van der Waals surface area contributed by atoms with E-state index >= 15 is 0 Å². The predicted octanol–water partition coefficient (Wildman–Crippen LogP) is 5.34. The second kappa shape index (κ2) is 10.5. The van der Waals surface area contributed by atoms with Gasteiger partial charge >= 0.3 is 0 Å². The lowest BCUT2D eigenvalue weighted by Crippen LogP contribution is -2.41. The van der Waals surface area contributed by atoms with E-state index in [-0.39, 0.29) is 24.3 Å². The lowest BCUT2D eigenvalue weighted by Gasteiger charge is -2.23. The quantitative estimate of drug-likeness (QED) is 0.460.